The molecule has 0 aliphatic carbocycles. The van der Waals surface area contributed by atoms with E-state index < -0.39 is 15.8 Å². The summed E-state index contributed by atoms with van der Waals surface area (Å²) in [6.45, 7) is 5.44. The maximum absolute atomic E-state index is 12.9. The summed E-state index contributed by atoms with van der Waals surface area (Å²) in [6, 6.07) is 5.01. The Labute approximate surface area is 165 Å². The van der Waals surface area contributed by atoms with E-state index in [-0.39, 0.29) is 36.2 Å². The molecule has 1 atom stereocenters. The highest BCUT2D eigenvalue weighted by molar-refractivity contribution is 7.89. The van der Waals surface area contributed by atoms with Crippen LogP contribution in [0, 0.1) is 5.82 Å². The van der Waals surface area contributed by atoms with E-state index in [4.69, 9.17) is 0 Å². The van der Waals surface area contributed by atoms with Crippen molar-refractivity contribution in [2.24, 2.45) is 0 Å². The van der Waals surface area contributed by atoms with Crippen molar-refractivity contribution in [1.82, 2.24) is 19.8 Å². The van der Waals surface area contributed by atoms with Crippen LogP contribution in [0.2, 0.25) is 0 Å². The van der Waals surface area contributed by atoms with Crippen LogP contribution in [0.15, 0.2) is 29.2 Å². The van der Waals surface area contributed by atoms with Gasteiger partial charge >= 0.3 is 0 Å². The molecule has 1 amide bonds. The fourth-order valence-corrected chi connectivity index (χ4v) is 4.49. The van der Waals surface area contributed by atoms with Crippen LogP contribution in [0.5, 0.6) is 0 Å². The lowest BCUT2D eigenvalue weighted by Crippen LogP contribution is -2.49. The molecule has 7 nitrogen and oxygen atoms in total. The first-order chi connectivity index (χ1) is 12.5. The summed E-state index contributed by atoms with van der Waals surface area (Å²) in [5.74, 6) is -0.531. The second kappa shape index (κ2) is 9.79. The number of amides is 1. The normalized spacial score (nSPS) is 21.1. The molecule has 27 heavy (non-hydrogen) atoms. The van der Waals surface area contributed by atoms with Gasteiger partial charge in [0.2, 0.25) is 15.9 Å². The molecule has 2 aliphatic heterocycles. The number of benzene rings is 1. The molecule has 0 saturated carbocycles. The van der Waals surface area contributed by atoms with Crippen molar-refractivity contribution in [1.29, 1.82) is 0 Å². The molecule has 3 rings (SSSR count). The molecule has 0 bridgehead atoms. The lowest BCUT2D eigenvalue weighted by molar-refractivity contribution is -0.130. The van der Waals surface area contributed by atoms with Crippen molar-refractivity contribution in [2.45, 2.75) is 23.8 Å². The minimum atomic E-state index is -3.73. The summed E-state index contributed by atoms with van der Waals surface area (Å²) >= 11 is 0. The molecule has 2 heterocycles. The second-order valence-electron chi connectivity index (χ2n) is 6.67. The lowest BCUT2D eigenvalue weighted by Gasteiger charge is -2.32. The van der Waals surface area contributed by atoms with Crippen LogP contribution in [0.1, 0.15) is 12.8 Å². The largest absolute Gasteiger partial charge is 0.341 e. The molecule has 1 aromatic rings. The van der Waals surface area contributed by atoms with Gasteiger partial charge in [-0.05, 0) is 30.7 Å². The van der Waals surface area contributed by atoms with E-state index >= 15 is 0 Å². The Bertz CT molecular complexity index is 726. The van der Waals surface area contributed by atoms with Gasteiger partial charge in [0.05, 0.1) is 4.90 Å². The average molecular weight is 421 g/mol. The van der Waals surface area contributed by atoms with E-state index in [1.807, 2.05) is 4.90 Å². The molecular weight excluding hydrogens is 395 g/mol. The number of hydrogen-bond donors (Lipinski definition) is 2. The van der Waals surface area contributed by atoms with Crippen LogP contribution < -0.4 is 10.0 Å². The zero-order valence-corrected chi connectivity index (χ0v) is 16.7. The maximum Gasteiger partial charge on any atom is 0.240 e. The predicted octanol–water partition coefficient (Wildman–Crippen LogP) is 0.422. The van der Waals surface area contributed by atoms with E-state index in [9.17, 15) is 17.6 Å². The van der Waals surface area contributed by atoms with Crippen LogP contribution in [-0.4, -0.2) is 76.0 Å². The van der Waals surface area contributed by atoms with Crippen LogP contribution in [-0.2, 0) is 14.8 Å². The Hall–Kier alpha value is -1.26. The molecule has 0 aromatic heterocycles. The number of nitrogens with zero attached hydrogens (tertiary/aromatic N) is 2. The minimum absolute atomic E-state index is 0. The van der Waals surface area contributed by atoms with Crippen molar-refractivity contribution in [2.75, 3.05) is 45.8 Å². The first kappa shape index (κ1) is 22.0. The molecule has 2 aliphatic rings. The van der Waals surface area contributed by atoms with Crippen molar-refractivity contribution >= 4 is 28.3 Å². The van der Waals surface area contributed by atoms with Gasteiger partial charge in [0.15, 0.2) is 0 Å². The van der Waals surface area contributed by atoms with Gasteiger partial charge < -0.3 is 10.2 Å². The second-order valence-corrected chi connectivity index (χ2v) is 8.44. The summed E-state index contributed by atoms with van der Waals surface area (Å²) in [5, 5.41) is 3.32. The molecule has 2 saturated heterocycles. The highest BCUT2D eigenvalue weighted by Gasteiger charge is 2.30. The molecule has 1 unspecified atom stereocenters. The van der Waals surface area contributed by atoms with Gasteiger partial charge in [-0.3, -0.25) is 9.69 Å². The standard InChI is InChI=1S/C17H25FN4O3S.ClH/c18-14-1-3-16(4-2-14)26(24,25)20-7-5-17(23)22-10-6-15(13-22)21-11-8-19-9-12-21;/h1-4,15,19-20H,5-13H2;1H. The number of piperazine rings is 1. The molecule has 2 fully saturated rings. The third-order valence-electron chi connectivity index (χ3n) is 4.94. The van der Waals surface area contributed by atoms with Crippen molar-refractivity contribution < 1.29 is 17.6 Å². The number of halogens is 2. The monoisotopic (exact) mass is 420 g/mol. The summed E-state index contributed by atoms with van der Waals surface area (Å²) in [6.07, 6.45) is 1.09. The Kier molecular flexibility index (Phi) is 7.99. The number of hydrogen-bond acceptors (Lipinski definition) is 5. The molecule has 0 radical (unpaired) electrons. The first-order valence-electron chi connectivity index (χ1n) is 8.93. The smallest absolute Gasteiger partial charge is 0.240 e. The van der Waals surface area contributed by atoms with Gasteiger partial charge in [-0.25, -0.2) is 17.5 Å². The number of nitrogens with one attached hydrogen (secondary N) is 2. The molecule has 10 heteroatoms. The van der Waals surface area contributed by atoms with E-state index in [0.29, 0.717) is 12.6 Å². The first-order valence-corrected chi connectivity index (χ1v) is 10.4. The van der Waals surface area contributed by atoms with E-state index in [1.54, 1.807) is 0 Å². The summed E-state index contributed by atoms with van der Waals surface area (Å²) in [4.78, 5) is 16.6. The fraction of sp³-hybridized carbons (Fsp3) is 0.588. The molecule has 152 valence electrons. The van der Waals surface area contributed by atoms with Gasteiger partial charge in [0.1, 0.15) is 5.82 Å². The third kappa shape index (κ3) is 5.86. The van der Waals surface area contributed by atoms with Gasteiger partial charge in [-0.15, -0.1) is 12.4 Å². The summed E-state index contributed by atoms with van der Waals surface area (Å²) < 4.78 is 39.6. The minimum Gasteiger partial charge on any atom is -0.341 e. The highest BCUT2D eigenvalue weighted by atomic mass is 35.5. The zero-order valence-electron chi connectivity index (χ0n) is 15.1. The van der Waals surface area contributed by atoms with E-state index in [1.165, 1.54) is 12.1 Å². The highest BCUT2D eigenvalue weighted by Crippen LogP contribution is 2.17. The molecular formula is C17H26ClFN4O3S. The van der Waals surface area contributed by atoms with Crippen molar-refractivity contribution in [3.05, 3.63) is 30.1 Å². The van der Waals surface area contributed by atoms with Crippen LogP contribution >= 0.6 is 12.4 Å². The third-order valence-corrected chi connectivity index (χ3v) is 6.42. The topological polar surface area (TPSA) is 81.8 Å². The van der Waals surface area contributed by atoms with E-state index in [0.717, 1.165) is 51.3 Å². The SMILES string of the molecule is Cl.O=C(CCNS(=O)(=O)c1ccc(F)cc1)N1CCC(N2CCNCC2)C1. The Morgan fingerprint density at radius 2 is 1.85 bits per heavy atom. The van der Waals surface area contributed by atoms with Crippen LogP contribution in [0.3, 0.4) is 0 Å². The summed E-state index contributed by atoms with van der Waals surface area (Å²) in [5.41, 5.74) is 0. The zero-order chi connectivity index (χ0) is 18.6. The number of sulfonamides is 1. The maximum atomic E-state index is 12.9. The summed E-state index contributed by atoms with van der Waals surface area (Å²) in [7, 11) is -3.73. The predicted molar refractivity (Wildman–Crippen MR) is 103 cm³/mol. The number of carbonyl (C=O) groups excluding carboxylic acids is 1. The van der Waals surface area contributed by atoms with Gasteiger partial charge in [0.25, 0.3) is 0 Å². The Morgan fingerprint density at radius 3 is 2.52 bits per heavy atom. The number of likely N-dealkylation sites (tertiary alicyclic amines) is 1. The van der Waals surface area contributed by atoms with E-state index in [2.05, 4.69) is 14.9 Å². The van der Waals surface area contributed by atoms with Gasteiger partial charge in [-0.2, -0.15) is 0 Å². The molecule has 2 N–H and O–H groups in total. The number of carbonyl (C=O) groups is 1. The average Bonchev–Trinajstić information content (AvgIpc) is 3.13. The van der Waals surface area contributed by atoms with Gasteiger partial charge in [-0.1, -0.05) is 0 Å². The number of rotatable bonds is 6. The van der Waals surface area contributed by atoms with Crippen molar-refractivity contribution in [3.63, 3.8) is 0 Å². The molecule has 0 spiro atoms. The van der Waals surface area contributed by atoms with Crippen molar-refractivity contribution in [3.8, 4) is 0 Å². The van der Waals surface area contributed by atoms with Gasteiger partial charge in [0, 0.05) is 58.3 Å². The lowest BCUT2D eigenvalue weighted by atomic mass is 10.2. The Balaban J connectivity index is 0.00000261. The molecule has 1 aromatic carbocycles. The van der Waals surface area contributed by atoms with Crippen LogP contribution in [0.4, 0.5) is 4.39 Å². The quantitative estimate of drug-likeness (QED) is 0.697. The Morgan fingerprint density at radius 1 is 1.19 bits per heavy atom. The van der Waals surface area contributed by atoms with Crippen LogP contribution in [0.25, 0.3) is 0 Å². The fourth-order valence-electron chi connectivity index (χ4n) is 3.46.